The number of hydrogen-bond donors (Lipinski definition) is 0. The van der Waals surface area contributed by atoms with Crippen molar-refractivity contribution in [3.63, 3.8) is 0 Å². The molecule has 0 saturated heterocycles. The highest BCUT2D eigenvalue weighted by Crippen LogP contribution is 2.27. The maximum absolute atomic E-state index is 13.0. The monoisotopic (exact) mass is 288 g/mol. The second-order valence-corrected chi connectivity index (χ2v) is 4.05. The minimum Gasteiger partial charge on any atom is -0.338 e. The van der Waals surface area contributed by atoms with E-state index in [4.69, 9.17) is 0 Å². The normalized spacial score (nSPS) is 13.2. The summed E-state index contributed by atoms with van der Waals surface area (Å²) in [6, 6.07) is 5.16. The van der Waals surface area contributed by atoms with Gasteiger partial charge in [0.1, 0.15) is 11.7 Å². The lowest BCUT2D eigenvalue weighted by Gasteiger charge is -2.08. The van der Waals surface area contributed by atoms with Crippen molar-refractivity contribution >= 4 is 5.78 Å². The summed E-state index contributed by atoms with van der Waals surface area (Å²) in [6.07, 6.45) is -4.98. The Morgan fingerprint density at radius 2 is 2.05 bits per heavy atom. The fourth-order valence-electron chi connectivity index (χ4n) is 1.51. The summed E-state index contributed by atoms with van der Waals surface area (Å²) in [5.41, 5.74) is 0.242. The molecule has 20 heavy (non-hydrogen) atoms. The Balaban J connectivity index is 2.28. The third-order valence-electron chi connectivity index (χ3n) is 2.57. The lowest BCUT2D eigenvalue weighted by molar-refractivity contribution is -0.172. The summed E-state index contributed by atoms with van der Waals surface area (Å²) in [5.74, 6) is -4.68. The van der Waals surface area contributed by atoms with Gasteiger partial charge >= 0.3 is 6.18 Å². The van der Waals surface area contributed by atoms with Crippen LogP contribution in [0.15, 0.2) is 28.8 Å². The zero-order valence-corrected chi connectivity index (χ0v) is 10.1. The summed E-state index contributed by atoms with van der Waals surface area (Å²) < 4.78 is 54.5. The van der Waals surface area contributed by atoms with Crippen molar-refractivity contribution in [3.8, 4) is 11.4 Å². The molecule has 1 heterocycles. The van der Waals surface area contributed by atoms with Gasteiger partial charge in [0, 0.05) is 5.56 Å². The van der Waals surface area contributed by atoms with Crippen LogP contribution in [0.3, 0.4) is 0 Å². The summed E-state index contributed by atoms with van der Waals surface area (Å²) in [4.78, 5) is 14.7. The summed E-state index contributed by atoms with van der Waals surface area (Å²) in [5, 5.41) is 3.44. The molecule has 1 aromatic carbocycles. The molecule has 0 bridgehead atoms. The van der Waals surface area contributed by atoms with E-state index in [9.17, 15) is 22.4 Å². The number of benzene rings is 1. The lowest BCUT2D eigenvalue weighted by Crippen LogP contribution is -2.27. The van der Waals surface area contributed by atoms with E-state index in [0.29, 0.717) is 0 Å². The number of aromatic nitrogens is 2. The van der Waals surface area contributed by atoms with Crippen LogP contribution in [0.4, 0.5) is 17.6 Å². The number of carbonyl (C=O) groups excluding carboxylic acids is 1. The highest BCUT2D eigenvalue weighted by Gasteiger charge is 2.44. The molecular weight excluding hydrogens is 280 g/mol. The van der Waals surface area contributed by atoms with Crippen LogP contribution >= 0.6 is 0 Å². The molecule has 4 nitrogen and oxygen atoms in total. The van der Waals surface area contributed by atoms with Gasteiger partial charge in [-0.2, -0.15) is 18.2 Å². The minimum absolute atomic E-state index is 0.0821. The standard InChI is InChI=1S/C12H8F4N2O2/c1-6(9(19)12(14,15)16)11-17-10(18-20-11)7-3-2-4-8(13)5-7/h2-6H,1H3. The second kappa shape index (κ2) is 5.03. The second-order valence-electron chi connectivity index (χ2n) is 4.05. The molecule has 1 unspecified atom stereocenters. The maximum Gasteiger partial charge on any atom is 0.450 e. The first-order valence-electron chi connectivity index (χ1n) is 5.49. The van der Waals surface area contributed by atoms with Gasteiger partial charge in [-0.1, -0.05) is 17.3 Å². The number of Topliss-reactive ketones (excluding diaryl/α,β-unsaturated/α-hetero) is 1. The van der Waals surface area contributed by atoms with Crippen LogP contribution in [0.1, 0.15) is 18.7 Å². The van der Waals surface area contributed by atoms with Crippen molar-refractivity contribution in [2.75, 3.05) is 0 Å². The molecule has 0 N–H and O–H groups in total. The molecule has 0 aliphatic carbocycles. The van der Waals surface area contributed by atoms with Crippen LogP contribution < -0.4 is 0 Å². The predicted octanol–water partition coefficient (Wildman–Crippen LogP) is 3.11. The topological polar surface area (TPSA) is 56.0 Å². The van der Waals surface area contributed by atoms with Crippen molar-refractivity contribution in [2.45, 2.75) is 19.0 Å². The van der Waals surface area contributed by atoms with Crippen molar-refractivity contribution in [3.05, 3.63) is 36.0 Å². The van der Waals surface area contributed by atoms with E-state index in [1.807, 2.05) is 0 Å². The molecule has 8 heteroatoms. The molecule has 2 rings (SSSR count). The van der Waals surface area contributed by atoms with E-state index in [1.54, 1.807) is 0 Å². The smallest absolute Gasteiger partial charge is 0.338 e. The Labute approximate surface area is 110 Å². The number of ketones is 1. The van der Waals surface area contributed by atoms with Crippen LogP contribution in [0.2, 0.25) is 0 Å². The third-order valence-corrected chi connectivity index (χ3v) is 2.57. The average molecular weight is 288 g/mol. The Morgan fingerprint density at radius 3 is 2.65 bits per heavy atom. The van der Waals surface area contributed by atoms with Gasteiger partial charge in [-0.05, 0) is 19.1 Å². The SMILES string of the molecule is CC(C(=O)C(F)(F)F)c1nc(-c2cccc(F)c2)no1. The lowest BCUT2D eigenvalue weighted by atomic mass is 10.1. The number of carbonyl (C=O) groups is 1. The largest absolute Gasteiger partial charge is 0.450 e. The summed E-state index contributed by atoms with van der Waals surface area (Å²) in [7, 11) is 0. The van der Waals surface area contributed by atoms with E-state index in [-0.39, 0.29) is 11.4 Å². The molecule has 0 radical (unpaired) electrons. The average Bonchev–Trinajstić information content (AvgIpc) is 2.85. The minimum atomic E-state index is -4.98. The highest BCUT2D eigenvalue weighted by molar-refractivity contribution is 5.89. The van der Waals surface area contributed by atoms with Crippen LogP contribution in [-0.4, -0.2) is 22.1 Å². The number of halogens is 4. The van der Waals surface area contributed by atoms with E-state index in [0.717, 1.165) is 13.0 Å². The first kappa shape index (κ1) is 14.2. The zero-order valence-electron chi connectivity index (χ0n) is 10.1. The molecule has 1 atom stereocenters. The molecule has 0 aliphatic heterocycles. The van der Waals surface area contributed by atoms with Crippen LogP contribution in [0.5, 0.6) is 0 Å². The fourth-order valence-corrected chi connectivity index (χ4v) is 1.51. The number of alkyl halides is 3. The van der Waals surface area contributed by atoms with E-state index in [2.05, 4.69) is 14.7 Å². The van der Waals surface area contributed by atoms with E-state index in [1.165, 1.54) is 18.2 Å². The van der Waals surface area contributed by atoms with Gasteiger partial charge in [0.25, 0.3) is 0 Å². The van der Waals surface area contributed by atoms with Crippen molar-refractivity contribution in [2.24, 2.45) is 0 Å². The summed E-state index contributed by atoms with van der Waals surface area (Å²) in [6.45, 7) is 1.01. The van der Waals surface area contributed by atoms with Gasteiger partial charge in [0.2, 0.25) is 17.5 Å². The highest BCUT2D eigenvalue weighted by atomic mass is 19.4. The van der Waals surface area contributed by atoms with E-state index >= 15 is 0 Å². The first-order chi connectivity index (χ1) is 9.29. The number of nitrogens with zero attached hydrogens (tertiary/aromatic N) is 2. The Bertz CT molecular complexity index is 636. The van der Waals surface area contributed by atoms with Gasteiger partial charge in [0.15, 0.2) is 0 Å². The van der Waals surface area contributed by atoms with Gasteiger partial charge in [-0.3, -0.25) is 4.79 Å². The molecule has 0 saturated carbocycles. The Hall–Kier alpha value is -2.25. The number of rotatable bonds is 3. The van der Waals surface area contributed by atoms with Gasteiger partial charge in [-0.25, -0.2) is 4.39 Å². The summed E-state index contributed by atoms with van der Waals surface area (Å²) >= 11 is 0. The third kappa shape index (κ3) is 2.84. The molecule has 106 valence electrons. The first-order valence-corrected chi connectivity index (χ1v) is 5.49. The molecule has 0 aliphatic rings. The molecule has 0 spiro atoms. The van der Waals surface area contributed by atoms with Gasteiger partial charge in [0.05, 0.1) is 0 Å². The van der Waals surface area contributed by atoms with Crippen LogP contribution in [-0.2, 0) is 4.79 Å². The Kier molecular flexibility index (Phi) is 3.56. The van der Waals surface area contributed by atoms with Crippen molar-refractivity contribution in [1.29, 1.82) is 0 Å². The van der Waals surface area contributed by atoms with Crippen LogP contribution in [0.25, 0.3) is 11.4 Å². The number of hydrogen-bond acceptors (Lipinski definition) is 4. The van der Waals surface area contributed by atoms with E-state index < -0.39 is 29.6 Å². The molecule has 2 aromatic rings. The van der Waals surface area contributed by atoms with Gasteiger partial charge < -0.3 is 4.52 Å². The quantitative estimate of drug-likeness (QED) is 0.814. The predicted molar refractivity (Wildman–Crippen MR) is 59.2 cm³/mol. The van der Waals surface area contributed by atoms with Crippen molar-refractivity contribution in [1.82, 2.24) is 10.1 Å². The van der Waals surface area contributed by atoms with Crippen molar-refractivity contribution < 1.29 is 26.9 Å². The zero-order chi connectivity index (χ0) is 14.9. The molecule has 1 aromatic heterocycles. The fraction of sp³-hybridized carbons (Fsp3) is 0.250. The molecular formula is C12H8F4N2O2. The Morgan fingerprint density at radius 1 is 1.35 bits per heavy atom. The van der Waals surface area contributed by atoms with Gasteiger partial charge in [-0.15, -0.1) is 0 Å². The molecule has 0 amide bonds. The molecule has 0 fully saturated rings. The maximum atomic E-state index is 13.0. The van der Waals surface area contributed by atoms with Crippen LogP contribution in [0, 0.1) is 5.82 Å².